The first-order valence-electron chi connectivity index (χ1n) is 7.16. The fraction of sp³-hybridized carbons (Fsp3) is 0.533. The molecule has 1 heterocycles. The fourth-order valence-electron chi connectivity index (χ4n) is 2.70. The van der Waals surface area contributed by atoms with E-state index in [4.69, 9.17) is 0 Å². The second kappa shape index (κ2) is 6.72. The molecule has 0 radical (unpaired) electrons. The number of benzene rings is 1. The maximum absolute atomic E-state index is 12.2. The number of phenols is 1. The van der Waals surface area contributed by atoms with Gasteiger partial charge in [0.2, 0.25) is 5.91 Å². The summed E-state index contributed by atoms with van der Waals surface area (Å²) in [5.41, 5.74) is 1.03. The minimum atomic E-state index is -0.166. The van der Waals surface area contributed by atoms with Gasteiger partial charge in [0.15, 0.2) is 0 Å². The van der Waals surface area contributed by atoms with E-state index in [0.717, 1.165) is 18.7 Å². The van der Waals surface area contributed by atoms with Gasteiger partial charge in [-0.05, 0) is 31.5 Å². The first-order chi connectivity index (χ1) is 9.63. The van der Waals surface area contributed by atoms with Crippen LogP contribution in [0.15, 0.2) is 24.3 Å². The number of carbonyl (C=O) groups excluding carboxylic acids is 1. The molecule has 1 amide bonds. The van der Waals surface area contributed by atoms with Gasteiger partial charge in [0.05, 0.1) is 0 Å². The number of amides is 1. The van der Waals surface area contributed by atoms with E-state index < -0.39 is 0 Å². The van der Waals surface area contributed by atoms with Gasteiger partial charge in [0.1, 0.15) is 11.8 Å². The Bertz CT molecular complexity index is 464. The lowest BCUT2D eigenvalue weighted by Crippen LogP contribution is -2.58. The smallest absolute Gasteiger partial charge is 0.238 e. The predicted molar refractivity (Wildman–Crippen MR) is 78.6 cm³/mol. The predicted octanol–water partition coefficient (Wildman–Crippen LogP) is 0.863. The Labute approximate surface area is 120 Å². The molecule has 1 aromatic carbocycles. The third kappa shape index (κ3) is 3.29. The number of rotatable bonds is 4. The van der Waals surface area contributed by atoms with Crippen molar-refractivity contribution in [2.24, 2.45) is 0 Å². The molecule has 0 spiro atoms. The lowest BCUT2D eigenvalue weighted by atomic mass is 10.0. The summed E-state index contributed by atoms with van der Waals surface area (Å²) in [5.74, 6) is 0.325. The fourth-order valence-corrected chi connectivity index (χ4v) is 2.70. The van der Waals surface area contributed by atoms with Gasteiger partial charge in [0, 0.05) is 32.2 Å². The molecule has 20 heavy (non-hydrogen) atoms. The highest BCUT2D eigenvalue weighted by atomic mass is 16.3. The summed E-state index contributed by atoms with van der Waals surface area (Å²) in [7, 11) is 0. The van der Waals surface area contributed by atoms with Crippen LogP contribution in [-0.4, -0.2) is 48.1 Å². The van der Waals surface area contributed by atoms with Crippen LogP contribution in [0.2, 0.25) is 0 Å². The molecule has 1 saturated heterocycles. The Morgan fingerprint density at radius 1 is 1.60 bits per heavy atom. The first-order valence-corrected chi connectivity index (χ1v) is 7.16. The average molecular weight is 277 g/mol. The van der Waals surface area contributed by atoms with E-state index in [-0.39, 0.29) is 23.7 Å². The molecule has 2 rings (SSSR count). The van der Waals surface area contributed by atoms with Gasteiger partial charge in [-0.25, -0.2) is 0 Å². The quantitative estimate of drug-likeness (QED) is 0.764. The van der Waals surface area contributed by atoms with E-state index in [1.807, 2.05) is 19.1 Å². The van der Waals surface area contributed by atoms with E-state index in [9.17, 15) is 9.90 Å². The number of hydrogen-bond donors (Lipinski definition) is 3. The highest BCUT2D eigenvalue weighted by Crippen LogP contribution is 2.25. The second-order valence-corrected chi connectivity index (χ2v) is 5.12. The van der Waals surface area contributed by atoms with Crippen molar-refractivity contribution in [1.82, 2.24) is 15.5 Å². The minimum absolute atomic E-state index is 0.0618. The third-order valence-electron chi connectivity index (χ3n) is 3.79. The van der Waals surface area contributed by atoms with Crippen LogP contribution >= 0.6 is 0 Å². The van der Waals surface area contributed by atoms with Crippen molar-refractivity contribution < 1.29 is 9.90 Å². The Hall–Kier alpha value is -1.59. The van der Waals surface area contributed by atoms with Crippen LogP contribution in [0.3, 0.4) is 0 Å². The second-order valence-electron chi connectivity index (χ2n) is 5.12. The highest BCUT2D eigenvalue weighted by molar-refractivity contribution is 5.82. The number of nitrogens with one attached hydrogen (secondary N) is 2. The number of phenolic OH excluding ortho intramolecular Hbond substituents is 1. The van der Waals surface area contributed by atoms with E-state index >= 15 is 0 Å². The molecule has 1 aromatic rings. The number of piperazine rings is 1. The van der Waals surface area contributed by atoms with Crippen molar-refractivity contribution in [1.29, 1.82) is 0 Å². The number of nitrogens with zero attached hydrogens (tertiary/aromatic N) is 1. The van der Waals surface area contributed by atoms with Gasteiger partial charge in [0.25, 0.3) is 0 Å². The van der Waals surface area contributed by atoms with Crippen molar-refractivity contribution in [3.05, 3.63) is 29.8 Å². The van der Waals surface area contributed by atoms with Crippen molar-refractivity contribution >= 4 is 5.91 Å². The maximum atomic E-state index is 12.2. The number of carbonyl (C=O) groups is 1. The molecule has 2 atom stereocenters. The molecule has 5 heteroatoms. The number of aromatic hydroxyl groups is 1. The van der Waals surface area contributed by atoms with Crippen LogP contribution in [0, 0.1) is 0 Å². The zero-order chi connectivity index (χ0) is 14.5. The molecule has 1 aliphatic rings. The van der Waals surface area contributed by atoms with Gasteiger partial charge in [-0.3, -0.25) is 9.69 Å². The van der Waals surface area contributed by atoms with Crippen LogP contribution in [-0.2, 0) is 4.79 Å². The van der Waals surface area contributed by atoms with Crippen molar-refractivity contribution in [2.75, 3.05) is 26.2 Å². The summed E-state index contributed by atoms with van der Waals surface area (Å²) in [5, 5.41) is 15.8. The SMILES string of the molecule is CCNC(=O)C1CNCCN1C(C)c1cccc(O)c1. The minimum Gasteiger partial charge on any atom is -0.508 e. The van der Waals surface area contributed by atoms with Crippen molar-refractivity contribution in [3.8, 4) is 5.75 Å². The molecule has 0 aliphatic carbocycles. The Kier molecular flexibility index (Phi) is 4.98. The normalized spacial score (nSPS) is 21.4. The van der Waals surface area contributed by atoms with Gasteiger partial charge in [-0.2, -0.15) is 0 Å². The van der Waals surface area contributed by atoms with E-state index in [1.54, 1.807) is 12.1 Å². The third-order valence-corrected chi connectivity index (χ3v) is 3.79. The number of likely N-dealkylation sites (N-methyl/N-ethyl adjacent to an activating group) is 1. The standard InChI is InChI=1S/C15H23N3O2/c1-3-17-15(20)14-10-16-7-8-18(14)11(2)12-5-4-6-13(19)9-12/h4-6,9,11,14,16,19H,3,7-8,10H2,1-2H3,(H,17,20). The first kappa shape index (κ1) is 14.8. The van der Waals surface area contributed by atoms with Crippen LogP contribution in [0.4, 0.5) is 0 Å². The summed E-state index contributed by atoms with van der Waals surface area (Å²) >= 11 is 0. The molecule has 0 aromatic heterocycles. The van der Waals surface area contributed by atoms with Crippen LogP contribution in [0.25, 0.3) is 0 Å². The molecular formula is C15H23N3O2. The lowest BCUT2D eigenvalue weighted by Gasteiger charge is -2.39. The monoisotopic (exact) mass is 277 g/mol. The topological polar surface area (TPSA) is 64.6 Å². The maximum Gasteiger partial charge on any atom is 0.238 e. The zero-order valence-corrected chi connectivity index (χ0v) is 12.1. The van der Waals surface area contributed by atoms with Gasteiger partial charge in [-0.15, -0.1) is 0 Å². The van der Waals surface area contributed by atoms with E-state index in [0.29, 0.717) is 13.1 Å². The lowest BCUT2D eigenvalue weighted by molar-refractivity contribution is -0.128. The summed E-state index contributed by atoms with van der Waals surface area (Å²) in [6.07, 6.45) is 0. The molecule has 1 aliphatic heterocycles. The van der Waals surface area contributed by atoms with Crippen molar-refractivity contribution in [3.63, 3.8) is 0 Å². The largest absolute Gasteiger partial charge is 0.508 e. The van der Waals surface area contributed by atoms with Crippen LogP contribution in [0.5, 0.6) is 5.75 Å². The molecular weight excluding hydrogens is 254 g/mol. The van der Waals surface area contributed by atoms with Crippen LogP contribution < -0.4 is 10.6 Å². The molecule has 110 valence electrons. The van der Waals surface area contributed by atoms with Crippen molar-refractivity contribution in [2.45, 2.75) is 25.9 Å². The van der Waals surface area contributed by atoms with Crippen LogP contribution in [0.1, 0.15) is 25.5 Å². The molecule has 5 nitrogen and oxygen atoms in total. The molecule has 0 saturated carbocycles. The number of hydrogen-bond acceptors (Lipinski definition) is 4. The zero-order valence-electron chi connectivity index (χ0n) is 12.1. The summed E-state index contributed by atoms with van der Waals surface area (Å²) in [6, 6.07) is 7.18. The van der Waals surface area contributed by atoms with E-state index in [1.165, 1.54) is 0 Å². The van der Waals surface area contributed by atoms with E-state index in [2.05, 4.69) is 22.5 Å². The van der Waals surface area contributed by atoms with Gasteiger partial charge in [-0.1, -0.05) is 12.1 Å². The van der Waals surface area contributed by atoms with Gasteiger partial charge < -0.3 is 15.7 Å². The Balaban J connectivity index is 2.16. The average Bonchev–Trinajstić information content (AvgIpc) is 2.47. The van der Waals surface area contributed by atoms with Gasteiger partial charge >= 0.3 is 0 Å². The molecule has 2 unspecified atom stereocenters. The summed E-state index contributed by atoms with van der Waals surface area (Å²) in [6.45, 7) is 7.00. The molecule has 0 bridgehead atoms. The summed E-state index contributed by atoms with van der Waals surface area (Å²) < 4.78 is 0. The summed E-state index contributed by atoms with van der Waals surface area (Å²) in [4.78, 5) is 14.4. The highest BCUT2D eigenvalue weighted by Gasteiger charge is 2.32. The Morgan fingerprint density at radius 2 is 2.40 bits per heavy atom. The molecule has 1 fully saturated rings. The molecule has 3 N–H and O–H groups in total. The Morgan fingerprint density at radius 3 is 3.10 bits per heavy atom.